The highest BCUT2D eigenvalue weighted by molar-refractivity contribution is 5.90. The molecule has 2 heterocycles. The largest absolute Gasteiger partial charge is 0.463 e. The van der Waals surface area contributed by atoms with Crippen LogP contribution in [0.5, 0.6) is 0 Å². The van der Waals surface area contributed by atoms with Crippen LogP contribution in [0, 0.1) is 0 Å². The Labute approximate surface area is 84.7 Å². The van der Waals surface area contributed by atoms with E-state index in [4.69, 9.17) is 4.74 Å². The van der Waals surface area contributed by atoms with Crippen molar-refractivity contribution in [1.82, 2.24) is 4.90 Å². The van der Waals surface area contributed by atoms with Crippen molar-refractivity contribution in [2.75, 3.05) is 13.7 Å². The van der Waals surface area contributed by atoms with Crippen molar-refractivity contribution in [3.63, 3.8) is 0 Å². The Hall–Kier alpha value is -0.830. The van der Waals surface area contributed by atoms with Crippen LogP contribution in [0.15, 0.2) is 11.6 Å². The van der Waals surface area contributed by atoms with Gasteiger partial charge in [0, 0.05) is 12.1 Å². The fourth-order valence-electron chi connectivity index (χ4n) is 2.50. The maximum atomic E-state index is 11.6. The van der Waals surface area contributed by atoms with Gasteiger partial charge in [-0.15, -0.1) is 0 Å². The van der Waals surface area contributed by atoms with Crippen molar-refractivity contribution in [3.05, 3.63) is 11.6 Å². The molecule has 0 amide bonds. The average molecular weight is 195 g/mol. The van der Waals surface area contributed by atoms with E-state index in [0.29, 0.717) is 18.7 Å². The Balaban J connectivity index is 2.13. The molecule has 2 atom stereocenters. The first-order chi connectivity index (χ1) is 6.74. The lowest BCUT2D eigenvalue weighted by molar-refractivity contribution is -0.139. The number of hydrogen-bond acceptors (Lipinski definition) is 3. The van der Waals surface area contributed by atoms with Crippen molar-refractivity contribution in [3.8, 4) is 0 Å². The second kappa shape index (κ2) is 3.73. The fourth-order valence-corrected chi connectivity index (χ4v) is 2.50. The van der Waals surface area contributed by atoms with E-state index < -0.39 is 0 Å². The monoisotopic (exact) mass is 195 g/mol. The van der Waals surface area contributed by atoms with Crippen LogP contribution in [-0.2, 0) is 9.53 Å². The van der Waals surface area contributed by atoms with Crippen molar-refractivity contribution in [2.45, 2.75) is 38.3 Å². The molecule has 0 spiro atoms. The Kier molecular flexibility index (Phi) is 2.59. The van der Waals surface area contributed by atoms with E-state index in [1.54, 1.807) is 0 Å². The van der Waals surface area contributed by atoms with Crippen LogP contribution in [0.1, 0.15) is 26.2 Å². The first-order valence-corrected chi connectivity index (χ1v) is 5.33. The summed E-state index contributed by atoms with van der Waals surface area (Å²) in [5.41, 5.74) is 0.878. The van der Waals surface area contributed by atoms with E-state index in [2.05, 4.69) is 18.0 Å². The summed E-state index contributed by atoms with van der Waals surface area (Å²) in [6, 6.07) is 0.964. The zero-order valence-corrected chi connectivity index (χ0v) is 8.82. The second-order valence-corrected chi connectivity index (χ2v) is 4.03. The van der Waals surface area contributed by atoms with Crippen LogP contribution in [0.4, 0.5) is 0 Å². The Morgan fingerprint density at radius 2 is 2.43 bits per heavy atom. The van der Waals surface area contributed by atoms with Gasteiger partial charge in [-0.2, -0.15) is 0 Å². The molecular weight excluding hydrogens is 178 g/mol. The Morgan fingerprint density at radius 1 is 1.64 bits per heavy atom. The number of likely N-dealkylation sites (N-methyl/N-ethyl adjacent to an activating group) is 1. The van der Waals surface area contributed by atoms with Gasteiger partial charge in [0.2, 0.25) is 0 Å². The SMILES string of the molecule is CCOC(=O)C1=CC[C@@H]2CC[C@H]1N2C. The van der Waals surface area contributed by atoms with Gasteiger partial charge in [0.25, 0.3) is 0 Å². The van der Waals surface area contributed by atoms with E-state index in [0.717, 1.165) is 18.4 Å². The molecule has 14 heavy (non-hydrogen) atoms. The number of carbonyl (C=O) groups excluding carboxylic acids is 1. The number of nitrogens with zero attached hydrogens (tertiary/aromatic N) is 1. The normalized spacial score (nSPS) is 31.4. The number of fused-ring (bicyclic) bond motifs is 2. The lowest BCUT2D eigenvalue weighted by Crippen LogP contribution is -2.38. The van der Waals surface area contributed by atoms with E-state index in [9.17, 15) is 4.79 Å². The zero-order chi connectivity index (χ0) is 10.1. The summed E-state index contributed by atoms with van der Waals surface area (Å²) in [4.78, 5) is 13.9. The fraction of sp³-hybridized carbons (Fsp3) is 0.727. The second-order valence-electron chi connectivity index (χ2n) is 4.03. The first kappa shape index (κ1) is 9.71. The van der Waals surface area contributed by atoms with Gasteiger partial charge in [0.05, 0.1) is 12.2 Å². The minimum Gasteiger partial charge on any atom is -0.463 e. The molecule has 0 aliphatic carbocycles. The summed E-state index contributed by atoms with van der Waals surface area (Å²) in [7, 11) is 2.11. The van der Waals surface area contributed by atoms with Crippen LogP contribution in [0.25, 0.3) is 0 Å². The highest BCUT2D eigenvalue weighted by Gasteiger charge is 2.38. The number of rotatable bonds is 2. The zero-order valence-electron chi connectivity index (χ0n) is 8.82. The third-order valence-electron chi connectivity index (χ3n) is 3.32. The summed E-state index contributed by atoms with van der Waals surface area (Å²) in [5.74, 6) is -0.121. The quantitative estimate of drug-likeness (QED) is 0.623. The lowest BCUT2D eigenvalue weighted by Gasteiger charge is -2.30. The average Bonchev–Trinajstić information content (AvgIpc) is 2.42. The molecule has 3 nitrogen and oxygen atoms in total. The van der Waals surface area contributed by atoms with Crippen LogP contribution in [-0.4, -0.2) is 36.6 Å². The molecule has 1 fully saturated rings. The van der Waals surface area contributed by atoms with Gasteiger partial charge in [0.1, 0.15) is 0 Å². The molecule has 2 aliphatic heterocycles. The highest BCUT2D eigenvalue weighted by Crippen LogP contribution is 2.34. The van der Waals surface area contributed by atoms with Crippen molar-refractivity contribution < 1.29 is 9.53 Å². The smallest absolute Gasteiger partial charge is 0.335 e. The summed E-state index contributed by atoms with van der Waals surface area (Å²) < 4.78 is 5.05. The number of ether oxygens (including phenoxy) is 1. The first-order valence-electron chi connectivity index (χ1n) is 5.33. The van der Waals surface area contributed by atoms with Crippen LogP contribution in [0.3, 0.4) is 0 Å². The standard InChI is InChI=1S/C11H17NO2/c1-3-14-11(13)9-6-4-8-5-7-10(9)12(8)2/h6,8,10H,3-5,7H2,1-2H3/t8-,10-/m1/s1. The van der Waals surface area contributed by atoms with Gasteiger partial charge < -0.3 is 4.74 Å². The molecule has 3 heteroatoms. The van der Waals surface area contributed by atoms with Crippen LogP contribution in [0.2, 0.25) is 0 Å². The Morgan fingerprint density at radius 3 is 3.14 bits per heavy atom. The van der Waals surface area contributed by atoms with Crippen molar-refractivity contribution in [1.29, 1.82) is 0 Å². The molecule has 2 aliphatic rings. The maximum absolute atomic E-state index is 11.6. The van der Waals surface area contributed by atoms with E-state index in [1.807, 2.05) is 6.92 Å². The van der Waals surface area contributed by atoms with Crippen molar-refractivity contribution >= 4 is 5.97 Å². The molecule has 0 radical (unpaired) electrons. The lowest BCUT2D eigenvalue weighted by atomic mass is 10.0. The van der Waals surface area contributed by atoms with Gasteiger partial charge in [-0.25, -0.2) is 4.79 Å². The summed E-state index contributed by atoms with van der Waals surface area (Å²) >= 11 is 0. The molecule has 1 saturated heterocycles. The molecule has 2 bridgehead atoms. The molecule has 0 aromatic heterocycles. The third kappa shape index (κ3) is 1.46. The van der Waals surface area contributed by atoms with Gasteiger partial charge in [-0.05, 0) is 33.2 Å². The van der Waals surface area contributed by atoms with Crippen LogP contribution >= 0.6 is 0 Å². The van der Waals surface area contributed by atoms with E-state index >= 15 is 0 Å². The van der Waals surface area contributed by atoms with Crippen LogP contribution < -0.4 is 0 Å². The topological polar surface area (TPSA) is 29.5 Å². The minimum atomic E-state index is -0.121. The molecule has 0 aromatic carbocycles. The Bertz CT molecular complexity index is 272. The summed E-state index contributed by atoms with van der Waals surface area (Å²) in [5, 5.41) is 0. The maximum Gasteiger partial charge on any atom is 0.335 e. The van der Waals surface area contributed by atoms with Gasteiger partial charge in [0.15, 0.2) is 0 Å². The molecule has 78 valence electrons. The molecule has 0 unspecified atom stereocenters. The van der Waals surface area contributed by atoms with E-state index in [-0.39, 0.29) is 5.97 Å². The minimum absolute atomic E-state index is 0.121. The molecule has 0 saturated carbocycles. The number of esters is 1. The molecule has 0 N–H and O–H groups in total. The summed E-state index contributed by atoms with van der Waals surface area (Å²) in [6.45, 7) is 2.32. The predicted molar refractivity (Wildman–Crippen MR) is 53.9 cm³/mol. The van der Waals surface area contributed by atoms with Gasteiger partial charge in [-0.1, -0.05) is 6.08 Å². The van der Waals surface area contributed by atoms with Gasteiger partial charge >= 0.3 is 5.97 Å². The molecular formula is C11H17NO2. The van der Waals surface area contributed by atoms with Gasteiger partial charge in [-0.3, -0.25) is 4.90 Å². The molecule has 2 rings (SSSR count). The number of carbonyl (C=O) groups is 1. The number of hydrogen-bond donors (Lipinski definition) is 0. The third-order valence-corrected chi connectivity index (χ3v) is 3.32. The van der Waals surface area contributed by atoms with Crippen molar-refractivity contribution in [2.24, 2.45) is 0 Å². The highest BCUT2D eigenvalue weighted by atomic mass is 16.5. The summed E-state index contributed by atoms with van der Waals surface area (Å²) in [6.07, 6.45) is 5.38. The predicted octanol–water partition coefficient (Wildman–Crippen LogP) is 1.34. The molecule has 0 aromatic rings. The van der Waals surface area contributed by atoms with E-state index in [1.165, 1.54) is 6.42 Å².